The molecule has 0 aliphatic heterocycles. The first-order valence-corrected chi connectivity index (χ1v) is 7.48. The first-order valence-electron chi connectivity index (χ1n) is 7.10. The predicted octanol–water partition coefficient (Wildman–Crippen LogP) is 1.78. The third kappa shape index (κ3) is 4.66. The molecule has 0 atom stereocenters. The Morgan fingerprint density at radius 3 is 2.79 bits per heavy atom. The third-order valence-electron chi connectivity index (χ3n) is 3.09. The van der Waals surface area contributed by atoms with Crippen LogP contribution in [0.15, 0.2) is 34.9 Å². The van der Waals surface area contributed by atoms with E-state index in [-0.39, 0.29) is 29.0 Å². The van der Waals surface area contributed by atoms with Gasteiger partial charge in [0.15, 0.2) is 18.1 Å². The summed E-state index contributed by atoms with van der Waals surface area (Å²) >= 11 is 6.10. The number of primary amides is 1. The fraction of sp³-hybridized carbons (Fsp3) is 0.250. The maximum absolute atomic E-state index is 12.2. The summed E-state index contributed by atoms with van der Waals surface area (Å²) in [7, 11) is 1.40. The van der Waals surface area contributed by atoms with Crippen LogP contribution in [0.3, 0.4) is 0 Å². The fourth-order valence-electron chi connectivity index (χ4n) is 1.99. The minimum atomic E-state index is -0.645. The number of amides is 2. The molecule has 2 rings (SSSR count). The molecule has 1 heterocycles. The minimum Gasteiger partial charge on any atom is -0.493 e. The molecule has 0 bridgehead atoms. The van der Waals surface area contributed by atoms with Crippen LogP contribution in [0.1, 0.15) is 16.1 Å². The molecular weight excluding hydrogens is 336 g/mol. The van der Waals surface area contributed by atoms with Crippen molar-refractivity contribution in [1.82, 2.24) is 5.32 Å². The van der Waals surface area contributed by atoms with Crippen LogP contribution in [-0.4, -0.2) is 32.1 Å². The molecule has 8 heteroatoms. The van der Waals surface area contributed by atoms with E-state index in [4.69, 9.17) is 31.2 Å². The van der Waals surface area contributed by atoms with Gasteiger partial charge in [-0.05, 0) is 24.3 Å². The van der Waals surface area contributed by atoms with Gasteiger partial charge in [-0.15, -0.1) is 0 Å². The lowest BCUT2D eigenvalue weighted by atomic mass is 10.2. The Morgan fingerprint density at radius 1 is 1.38 bits per heavy atom. The lowest BCUT2D eigenvalue weighted by molar-refractivity contribution is -0.119. The number of nitrogens with two attached hydrogens (primary N) is 1. The zero-order valence-corrected chi connectivity index (χ0v) is 13.8. The van der Waals surface area contributed by atoms with Crippen molar-refractivity contribution in [2.75, 3.05) is 20.3 Å². The summed E-state index contributed by atoms with van der Waals surface area (Å²) in [6, 6.07) is 6.52. The van der Waals surface area contributed by atoms with Gasteiger partial charge in [-0.25, -0.2) is 0 Å². The van der Waals surface area contributed by atoms with Crippen molar-refractivity contribution in [2.45, 2.75) is 6.42 Å². The van der Waals surface area contributed by atoms with E-state index in [2.05, 4.69) is 5.32 Å². The largest absolute Gasteiger partial charge is 0.493 e. The van der Waals surface area contributed by atoms with E-state index in [1.165, 1.54) is 19.2 Å². The van der Waals surface area contributed by atoms with Crippen molar-refractivity contribution in [3.05, 3.63) is 46.9 Å². The van der Waals surface area contributed by atoms with E-state index in [9.17, 15) is 9.59 Å². The normalized spacial score (nSPS) is 10.2. The summed E-state index contributed by atoms with van der Waals surface area (Å²) in [5, 5.41) is 2.90. The molecule has 0 aliphatic rings. The molecule has 0 spiro atoms. The highest BCUT2D eigenvalue weighted by Crippen LogP contribution is 2.36. The van der Waals surface area contributed by atoms with Gasteiger partial charge in [-0.1, -0.05) is 11.6 Å². The van der Waals surface area contributed by atoms with Gasteiger partial charge < -0.3 is 24.9 Å². The number of rotatable bonds is 8. The number of ether oxygens (including phenoxy) is 2. The third-order valence-corrected chi connectivity index (χ3v) is 3.37. The summed E-state index contributed by atoms with van der Waals surface area (Å²) in [4.78, 5) is 23.0. The maximum atomic E-state index is 12.2. The summed E-state index contributed by atoms with van der Waals surface area (Å²) in [5.41, 5.74) is 5.34. The van der Waals surface area contributed by atoms with Crippen molar-refractivity contribution in [3.8, 4) is 11.5 Å². The number of halogens is 1. The number of hydrogen-bond acceptors (Lipinski definition) is 5. The van der Waals surface area contributed by atoms with E-state index in [1.807, 2.05) is 6.07 Å². The Morgan fingerprint density at radius 2 is 2.17 bits per heavy atom. The Labute approximate surface area is 143 Å². The van der Waals surface area contributed by atoms with Crippen LogP contribution in [-0.2, 0) is 11.2 Å². The molecular formula is C16H17ClN2O5. The molecule has 2 aromatic rings. The van der Waals surface area contributed by atoms with E-state index < -0.39 is 5.91 Å². The van der Waals surface area contributed by atoms with Crippen LogP contribution in [0.2, 0.25) is 5.02 Å². The number of furan rings is 1. The molecule has 7 nitrogen and oxygen atoms in total. The number of nitrogens with one attached hydrogen (secondary N) is 1. The topological polar surface area (TPSA) is 104 Å². The Balaban J connectivity index is 2.05. The van der Waals surface area contributed by atoms with Crippen molar-refractivity contribution in [1.29, 1.82) is 0 Å². The van der Waals surface area contributed by atoms with Gasteiger partial charge in [0, 0.05) is 18.5 Å². The van der Waals surface area contributed by atoms with Crippen molar-refractivity contribution in [3.63, 3.8) is 0 Å². The second-order valence-electron chi connectivity index (χ2n) is 4.83. The first-order chi connectivity index (χ1) is 11.5. The standard InChI is InChI=1S/C16H17ClN2O5/c1-22-13-8-10(7-12(17)15(13)24-9-14(18)20)16(21)19-5-4-11-3-2-6-23-11/h2-3,6-8H,4-5,9H2,1H3,(H2,18,20)(H,19,21). The summed E-state index contributed by atoms with van der Waals surface area (Å²) in [6.45, 7) is 0.0664. The van der Waals surface area contributed by atoms with E-state index in [1.54, 1.807) is 12.3 Å². The average Bonchev–Trinajstić information content (AvgIpc) is 3.06. The molecule has 0 fully saturated rings. The van der Waals surface area contributed by atoms with E-state index in [0.29, 0.717) is 18.5 Å². The SMILES string of the molecule is COc1cc(C(=O)NCCc2ccco2)cc(Cl)c1OCC(N)=O. The molecule has 0 radical (unpaired) electrons. The lowest BCUT2D eigenvalue weighted by Gasteiger charge is -2.13. The van der Waals surface area contributed by atoms with Gasteiger partial charge in [-0.3, -0.25) is 9.59 Å². The van der Waals surface area contributed by atoms with Crippen molar-refractivity contribution >= 4 is 23.4 Å². The van der Waals surface area contributed by atoms with Crippen LogP contribution in [0.4, 0.5) is 0 Å². The number of carbonyl (C=O) groups excluding carboxylic acids is 2. The highest BCUT2D eigenvalue weighted by Gasteiger charge is 2.16. The molecule has 1 aromatic heterocycles. The Hall–Kier alpha value is -2.67. The summed E-state index contributed by atoms with van der Waals surface area (Å²) in [5.74, 6) is 0.210. The Kier molecular flexibility index (Phi) is 6.08. The Bertz CT molecular complexity index is 716. The van der Waals surface area contributed by atoms with Crippen LogP contribution in [0, 0.1) is 0 Å². The molecule has 0 saturated heterocycles. The van der Waals surface area contributed by atoms with Crippen molar-refractivity contribution < 1.29 is 23.5 Å². The van der Waals surface area contributed by atoms with Gasteiger partial charge in [0.05, 0.1) is 18.4 Å². The zero-order valence-electron chi connectivity index (χ0n) is 13.0. The second-order valence-corrected chi connectivity index (χ2v) is 5.24. The number of benzene rings is 1. The van der Waals surface area contributed by atoms with E-state index in [0.717, 1.165) is 5.76 Å². The van der Waals surface area contributed by atoms with Crippen LogP contribution in [0.25, 0.3) is 0 Å². The fourth-order valence-corrected chi connectivity index (χ4v) is 2.26. The molecule has 0 aliphatic carbocycles. The monoisotopic (exact) mass is 352 g/mol. The summed E-state index contributed by atoms with van der Waals surface area (Å²) in [6.07, 6.45) is 2.15. The van der Waals surface area contributed by atoms with Crippen LogP contribution < -0.4 is 20.5 Å². The average molecular weight is 353 g/mol. The van der Waals surface area contributed by atoms with Gasteiger partial charge in [0.25, 0.3) is 11.8 Å². The zero-order chi connectivity index (χ0) is 17.5. The second kappa shape index (κ2) is 8.26. The van der Waals surface area contributed by atoms with Gasteiger partial charge in [0.1, 0.15) is 5.76 Å². The highest BCUT2D eigenvalue weighted by atomic mass is 35.5. The minimum absolute atomic E-state index is 0.145. The number of hydrogen-bond donors (Lipinski definition) is 2. The quantitative estimate of drug-likeness (QED) is 0.753. The number of carbonyl (C=O) groups is 2. The van der Waals surface area contributed by atoms with Gasteiger partial charge >= 0.3 is 0 Å². The molecule has 1 aromatic carbocycles. The van der Waals surface area contributed by atoms with Gasteiger partial charge in [-0.2, -0.15) is 0 Å². The van der Waals surface area contributed by atoms with Gasteiger partial charge in [0.2, 0.25) is 0 Å². The summed E-state index contributed by atoms with van der Waals surface area (Å²) < 4.78 is 15.6. The molecule has 0 saturated carbocycles. The highest BCUT2D eigenvalue weighted by molar-refractivity contribution is 6.32. The lowest BCUT2D eigenvalue weighted by Crippen LogP contribution is -2.25. The molecule has 0 unspecified atom stereocenters. The predicted molar refractivity (Wildman–Crippen MR) is 87.4 cm³/mol. The molecule has 2 amide bonds. The smallest absolute Gasteiger partial charge is 0.255 e. The molecule has 3 N–H and O–H groups in total. The molecule has 128 valence electrons. The first kappa shape index (κ1) is 17.7. The number of methoxy groups -OCH3 is 1. The van der Waals surface area contributed by atoms with Crippen LogP contribution >= 0.6 is 11.6 Å². The van der Waals surface area contributed by atoms with Crippen LogP contribution in [0.5, 0.6) is 11.5 Å². The van der Waals surface area contributed by atoms with Crippen molar-refractivity contribution in [2.24, 2.45) is 5.73 Å². The van der Waals surface area contributed by atoms with E-state index >= 15 is 0 Å². The molecule has 24 heavy (non-hydrogen) atoms. The maximum Gasteiger partial charge on any atom is 0.255 e.